The van der Waals surface area contributed by atoms with Crippen LogP contribution in [0.4, 0.5) is 0 Å². The van der Waals surface area contributed by atoms with Gasteiger partial charge in [-0.3, -0.25) is 4.90 Å². The van der Waals surface area contributed by atoms with Crippen molar-refractivity contribution in [1.82, 2.24) is 15.0 Å². The lowest BCUT2D eigenvalue weighted by Gasteiger charge is -2.32. The molecule has 2 aromatic rings. The van der Waals surface area contributed by atoms with Gasteiger partial charge in [0, 0.05) is 16.6 Å². The average molecular weight is 321 g/mol. The number of nitrogens with two attached hydrogens (primary N) is 1. The van der Waals surface area contributed by atoms with Gasteiger partial charge < -0.3 is 10.3 Å². The highest BCUT2D eigenvalue weighted by molar-refractivity contribution is 6.30. The molecule has 1 aliphatic heterocycles. The zero-order valence-corrected chi connectivity index (χ0v) is 13.5. The summed E-state index contributed by atoms with van der Waals surface area (Å²) in [5.41, 5.74) is 6.85. The van der Waals surface area contributed by atoms with Crippen molar-refractivity contribution < 1.29 is 4.52 Å². The van der Waals surface area contributed by atoms with Gasteiger partial charge in [-0.2, -0.15) is 4.98 Å². The monoisotopic (exact) mass is 320 g/mol. The predicted molar refractivity (Wildman–Crippen MR) is 86.4 cm³/mol. The molecule has 0 bridgehead atoms. The third kappa shape index (κ3) is 3.66. The van der Waals surface area contributed by atoms with Crippen molar-refractivity contribution >= 4 is 11.6 Å². The molecule has 0 spiro atoms. The van der Waals surface area contributed by atoms with Crippen molar-refractivity contribution in [3.8, 4) is 11.4 Å². The molecule has 0 amide bonds. The van der Waals surface area contributed by atoms with Gasteiger partial charge in [-0.25, -0.2) is 0 Å². The third-order valence-corrected chi connectivity index (χ3v) is 4.52. The number of nitrogens with zero attached hydrogens (tertiary/aromatic N) is 3. The van der Waals surface area contributed by atoms with Gasteiger partial charge in [-0.1, -0.05) is 28.9 Å². The van der Waals surface area contributed by atoms with Crippen molar-refractivity contribution in [2.45, 2.75) is 32.4 Å². The Morgan fingerprint density at radius 3 is 2.86 bits per heavy atom. The highest BCUT2D eigenvalue weighted by Gasteiger charge is 2.23. The fourth-order valence-corrected chi connectivity index (χ4v) is 3.08. The van der Waals surface area contributed by atoms with Crippen LogP contribution >= 0.6 is 11.6 Å². The lowest BCUT2D eigenvalue weighted by Crippen LogP contribution is -2.39. The largest absolute Gasteiger partial charge is 0.338 e. The van der Waals surface area contributed by atoms with Crippen molar-refractivity contribution in [3.05, 3.63) is 35.2 Å². The SMILES string of the molecule is CC(N)C1CCN(Cc2nc(-c3cccc(Cl)c3)no2)CC1. The van der Waals surface area contributed by atoms with E-state index in [2.05, 4.69) is 22.0 Å². The third-order valence-electron chi connectivity index (χ3n) is 4.29. The van der Waals surface area contributed by atoms with Gasteiger partial charge in [0.05, 0.1) is 6.54 Å². The highest BCUT2D eigenvalue weighted by Crippen LogP contribution is 2.23. The molecular formula is C16H21ClN4O. The first-order valence-electron chi connectivity index (χ1n) is 7.68. The van der Waals surface area contributed by atoms with Crippen LogP contribution in [0.2, 0.25) is 5.02 Å². The summed E-state index contributed by atoms with van der Waals surface area (Å²) in [6.45, 7) is 4.84. The maximum absolute atomic E-state index is 5.99. The molecule has 6 heteroatoms. The van der Waals surface area contributed by atoms with Gasteiger partial charge in [0.1, 0.15) is 0 Å². The fourth-order valence-electron chi connectivity index (χ4n) is 2.89. The number of benzene rings is 1. The van der Waals surface area contributed by atoms with Crippen LogP contribution in [0, 0.1) is 5.92 Å². The van der Waals surface area contributed by atoms with Crippen LogP contribution in [-0.2, 0) is 6.54 Å². The molecule has 0 aliphatic carbocycles. The summed E-state index contributed by atoms with van der Waals surface area (Å²) in [6.07, 6.45) is 2.26. The van der Waals surface area contributed by atoms with E-state index in [1.807, 2.05) is 24.3 Å². The van der Waals surface area contributed by atoms with E-state index >= 15 is 0 Å². The molecule has 1 fully saturated rings. The maximum atomic E-state index is 5.99. The standard InChI is InChI=1S/C16H21ClN4O/c1-11(18)12-5-7-21(8-6-12)10-15-19-16(20-22-15)13-3-2-4-14(17)9-13/h2-4,9,11-12H,5-8,10,18H2,1H3. The Bertz CT molecular complexity index is 620. The van der Waals surface area contributed by atoms with Crippen LogP contribution in [-0.4, -0.2) is 34.2 Å². The van der Waals surface area contributed by atoms with Gasteiger partial charge in [-0.15, -0.1) is 0 Å². The second kappa shape index (κ2) is 6.77. The Kier molecular flexibility index (Phi) is 4.76. The average Bonchev–Trinajstić information content (AvgIpc) is 2.96. The number of piperidine rings is 1. The normalized spacial score (nSPS) is 18.5. The molecule has 1 saturated heterocycles. The van der Waals surface area contributed by atoms with Crippen molar-refractivity contribution in [2.75, 3.05) is 13.1 Å². The number of aromatic nitrogens is 2. The summed E-state index contributed by atoms with van der Waals surface area (Å²) >= 11 is 5.99. The lowest BCUT2D eigenvalue weighted by molar-refractivity contribution is 0.150. The van der Waals surface area contributed by atoms with Gasteiger partial charge in [0.25, 0.3) is 0 Å². The van der Waals surface area contributed by atoms with Crippen LogP contribution in [0.1, 0.15) is 25.7 Å². The maximum Gasteiger partial charge on any atom is 0.241 e. The molecule has 1 aromatic carbocycles. The minimum atomic E-state index is 0.278. The summed E-state index contributed by atoms with van der Waals surface area (Å²) in [5.74, 6) is 1.86. The molecular weight excluding hydrogens is 300 g/mol. The zero-order chi connectivity index (χ0) is 15.5. The highest BCUT2D eigenvalue weighted by atomic mass is 35.5. The van der Waals surface area contributed by atoms with E-state index < -0.39 is 0 Å². The number of hydrogen-bond donors (Lipinski definition) is 1. The van der Waals surface area contributed by atoms with E-state index in [0.29, 0.717) is 29.2 Å². The lowest BCUT2D eigenvalue weighted by atomic mass is 9.91. The van der Waals surface area contributed by atoms with Crippen LogP contribution < -0.4 is 5.73 Å². The second-order valence-corrected chi connectivity index (χ2v) is 6.43. The number of hydrogen-bond acceptors (Lipinski definition) is 5. The minimum absolute atomic E-state index is 0.278. The van der Waals surface area contributed by atoms with Crippen molar-refractivity contribution in [2.24, 2.45) is 11.7 Å². The molecule has 1 aromatic heterocycles. The Morgan fingerprint density at radius 1 is 1.41 bits per heavy atom. The van der Waals surface area contributed by atoms with E-state index in [0.717, 1.165) is 31.5 Å². The van der Waals surface area contributed by atoms with E-state index in [-0.39, 0.29) is 6.04 Å². The Morgan fingerprint density at radius 2 is 2.18 bits per heavy atom. The summed E-state index contributed by atoms with van der Waals surface area (Å²) in [5, 5.41) is 4.71. The van der Waals surface area contributed by atoms with E-state index in [1.54, 1.807) is 0 Å². The van der Waals surface area contributed by atoms with E-state index in [9.17, 15) is 0 Å². The Balaban J connectivity index is 1.61. The first-order chi connectivity index (χ1) is 10.6. The van der Waals surface area contributed by atoms with Crippen LogP contribution in [0.3, 0.4) is 0 Å². The zero-order valence-electron chi connectivity index (χ0n) is 12.7. The summed E-state index contributed by atoms with van der Waals surface area (Å²) in [4.78, 5) is 6.81. The molecule has 1 aliphatic rings. The molecule has 22 heavy (non-hydrogen) atoms. The summed E-state index contributed by atoms with van der Waals surface area (Å²) in [7, 11) is 0. The molecule has 118 valence electrons. The Labute approximate surface area is 135 Å². The topological polar surface area (TPSA) is 68.2 Å². The van der Waals surface area contributed by atoms with E-state index in [1.165, 1.54) is 0 Å². The van der Waals surface area contributed by atoms with Gasteiger partial charge in [0.15, 0.2) is 0 Å². The van der Waals surface area contributed by atoms with Gasteiger partial charge in [0.2, 0.25) is 11.7 Å². The summed E-state index contributed by atoms with van der Waals surface area (Å²) < 4.78 is 5.37. The first kappa shape index (κ1) is 15.5. The van der Waals surface area contributed by atoms with E-state index in [4.69, 9.17) is 21.9 Å². The Hall–Kier alpha value is -1.43. The molecule has 1 unspecified atom stereocenters. The molecule has 1 atom stereocenters. The number of likely N-dealkylation sites (tertiary alicyclic amines) is 1. The molecule has 2 heterocycles. The minimum Gasteiger partial charge on any atom is -0.338 e. The predicted octanol–water partition coefficient (Wildman–Crippen LogP) is 2.95. The molecule has 2 N–H and O–H groups in total. The first-order valence-corrected chi connectivity index (χ1v) is 8.06. The van der Waals surface area contributed by atoms with Crippen LogP contribution in [0.15, 0.2) is 28.8 Å². The van der Waals surface area contributed by atoms with Crippen LogP contribution in [0.5, 0.6) is 0 Å². The van der Waals surface area contributed by atoms with Crippen molar-refractivity contribution in [1.29, 1.82) is 0 Å². The number of rotatable bonds is 4. The summed E-state index contributed by atoms with van der Waals surface area (Å²) in [6, 6.07) is 7.75. The van der Waals surface area contributed by atoms with Gasteiger partial charge >= 0.3 is 0 Å². The van der Waals surface area contributed by atoms with Crippen molar-refractivity contribution in [3.63, 3.8) is 0 Å². The molecule has 0 saturated carbocycles. The van der Waals surface area contributed by atoms with Crippen LogP contribution in [0.25, 0.3) is 11.4 Å². The molecule has 3 rings (SSSR count). The molecule has 5 nitrogen and oxygen atoms in total. The fraction of sp³-hybridized carbons (Fsp3) is 0.500. The number of halogens is 1. The molecule has 0 radical (unpaired) electrons. The second-order valence-electron chi connectivity index (χ2n) is 5.99. The smallest absolute Gasteiger partial charge is 0.241 e. The quantitative estimate of drug-likeness (QED) is 0.938. The van der Waals surface area contributed by atoms with Gasteiger partial charge in [-0.05, 0) is 50.9 Å².